The average Bonchev–Trinajstić information content (AvgIpc) is 2.06. The van der Waals surface area contributed by atoms with Crippen molar-refractivity contribution in [3.05, 3.63) is 30.3 Å². The fourth-order valence-electron chi connectivity index (χ4n) is 0.991. The van der Waals surface area contributed by atoms with Crippen LogP contribution in [0.1, 0.15) is 0 Å². The maximum atomic E-state index is 2.44. The minimum Gasteiger partial charge on any atom is -1.00 e. The molecule has 0 fully saturated rings. The van der Waals surface area contributed by atoms with Gasteiger partial charge in [0, 0.05) is 0 Å². The normalized spacial score (nSPS) is 9.14. The zero-order valence-electron chi connectivity index (χ0n) is 8.23. The molecule has 0 unspecified atom stereocenters. The fourth-order valence-corrected chi connectivity index (χ4v) is 4.04. The molecule has 0 heterocycles. The largest absolute Gasteiger partial charge is 1.00 e. The Hall–Kier alpha value is 1.11. The van der Waals surface area contributed by atoms with Gasteiger partial charge in [0.25, 0.3) is 0 Å². The first-order valence-electron chi connectivity index (χ1n) is 3.87. The first kappa shape index (κ1) is 20.5. The number of halogens is 3. The van der Waals surface area contributed by atoms with E-state index in [2.05, 4.69) is 43.4 Å². The Bertz CT molecular complexity index is 229. The van der Waals surface area contributed by atoms with Gasteiger partial charge in [-0.1, -0.05) is 0 Å². The van der Waals surface area contributed by atoms with Crippen molar-refractivity contribution in [2.24, 2.45) is 0 Å². The molecular formula is C9H13Cl3SiSn. The number of hydrogen-bond donors (Lipinski definition) is 0. The Morgan fingerprint density at radius 2 is 1.43 bits per heavy atom. The smallest absolute Gasteiger partial charge is 1.00 e. The monoisotopic (exact) mass is 374 g/mol. The van der Waals surface area contributed by atoms with Crippen molar-refractivity contribution >= 4 is 35.8 Å². The molecule has 0 nitrogen and oxygen atoms in total. The summed E-state index contributed by atoms with van der Waals surface area (Å²) in [7, 11) is -1.01. The van der Waals surface area contributed by atoms with E-state index >= 15 is 0 Å². The molecule has 1 rings (SSSR count). The fraction of sp³-hybridized carbons (Fsp3) is 0.333. The Morgan fingerprint density at radius 1 is 1.00 bits per heavy atom. The van der Waals surface area contributed by atoms with Crippen LogP contribution in [0.5, 0.6) is 0 Å². The predicted octanol–water partition coefficient (Wildman–Crippen LogP) is -7.26. The van der Waals surface area contributed by atoms with E-state index in [-0.39, 0.29) is 37.2 Å². The molecule has 0 aliphatic carbocycles. The Morgan fingerprint density at radius 3 is 1.79 bits per heavy atom. The van der Waals surface area contributed by atoms with Crippen LogP contribution in [-0.2, 0) is 0 Å². The van der Waals surface area contributed by atoms with E-state index in [9.17, 15) is 0 Å². The molecule has 14 heavy (non-hydrogen) atoms. The number of hydrogen-bond acceptors (Lipinski definition) is 0. The van der Waals surface area contributed by atoms with Crippen LogP contribution >= 0.6 is 0 Å². The van der Waals surface area contributed by atoms with E-state index in [0.29, 0.717) is 0 Å². The van der Waals surface area contributed by atoms with Crippen molar-refractivity contribution in [2.75, 3.05) is 0 Å². The van der Waals surface area contributed by atoms with Gasteiger partial charge in [-0.25, -0.2) is 0 Å². The topological polar surface area (TPSA) is 0 Å². The van der Waals surface area contributed by atoms with E-state index < -0.39 is 8.07 Å². The van der Waals surface area contributed by atoms with Crippen LogP contribution in [0.3, 0.4) is 0 Å². The second-order valence-electron chi connectivity index (χ2n) is 3.43. The van der Waals surface area contributed by atoms with Gasteiger partial charge in [-0.3, -0.25) is 0 Å². The molecule has 1 aromatic carbocycles. The summed E-state index contributed by atoms with van der Waals surface area (Å²) in [5.74, 6) is 0. The van der Waals surface area contributed by atoms with Crippen LogP contribution in [0.4, 0.5) is 0 Å². The summed E-state index contributed by atoms with van der Waals surface area (Å²) in [6.07, 6.45) is 0. The molecule has 0 spiro atoms. The molecule has 78 valence electrons. The standard InChI is InChI=1S/C9H13Si.3ClH.Sn/c1-10(2,3)9-7-5-4-6-8-9;;;;/h4-8H,1H2,2-3H3;3*1H;/q;;;;+3/p-3. The first-order valence-corrected chi connectivity index (χ1v) is 9.09. The van der Waals surface area contributed by atoms with Crippen molar-refractivity contribution in [1.29, 1.82) is 0 Å². The second-order valence-corrected chi connectivity index (χ2v) is 11.2. The van der Waals surface area contributed by atoms with Crippen LogP contribution in [-0.4, -0.2) is 30.6 Å². The molecule has 0 aliphatic heterocycles. The molecule has 0 bridgehead atoms. The Balaban J connectivity index is -0.000000403. The first-order chi connectivity index (χ1) is 5.17. The van der Waals surface area contributed by atoms with Gasteiger partial charge in [0.1, 0.15) is 0 Å². The number of rotatable bonds is 2. The molecule has 0 aliphatic rings. The summed E-state index contributed by atoms with van der Waals surface area (Å²) in [6.45, 7) is 4.88. The van der Waals surface area contributed by atoms with Gasteiger partial charge in [-0.15, -0.1) is 0 Å². The SMILES string of the molecule is C[Si](C)([CH2][Sn+3])c1ccccc1.[Cl-].[Cl-].[Cl-]. The Kier molecular flexibility index (Phi) is 13.7. The van der Waals surface area contributed by atoms with E-state index in [0.717, 1.165) is 0 Å². The minimum atomic E-state index is -1.01. The third-order valence-electron chi connectivity index (χ3n) is 2.00. The molecule has 0 atom stereocenters. The third-order valence-corrected chi connectivity index (χ3v) is 12.3. The summed E-state index contributed by atoms with van der Waals surface area (Å²) in [5.41, 5.74) is 0. The van der Waals surface area contributed by atoms with Gasteiger partial charge in [-0.05, 0) is 0 Å². The number of benzene rings is 1. The van der Waals surface area contributed by atoms with E-state index in [1.165, 1.54) is 4.06 Å². The van der Waals surface area contributed by atoms with E-state index in [1.807, 2.05) is 0 Å². The van der Waals surface area contributed by atoms with Crippen molar-refractivity contribution in [3.63, 3.8) is 0 Å². The molecule has 0 amide bonds. The molecular weight excluding hydrogens is 361 g/mol. The van der Waals surface area contributed by atoms with Gasteiger partial charge in [-0.2, -0.15) is 0 Å². The van der Waals surface area contributed by atoms with E-state index in [4.69, 9.17) is 0 Å². The molecule has 0 radical (unpaired) electrons. The summed E-state index contributed by atoms with van der Waals surface area (Å²) >= 11 is 1.68. The van der Waals surface area contributed by atoms with Crippen LogP contribution in [0.2, 0.25) is 17.2 Å². The van der Waals surface area contributed by atoms with Crippen LogP contribution in [0, 0.1) is 0 Å². The van der Waals surface area contributed by atoms with Crippen LogP contribution in [0.15, 0.2) is 30.3 Å². The summed E-state index contributed by atoms with van der Waals surface area (Å²) in [4.78, 5) is 0. The van der Waals surface area contributed by atoms with Crippen LogP contribution in [0.25, 0.3) is 0 Å². The van der Waals surface area contributed by atoms with Gasteiger partial charge in [0.15, 0.2) is 0 Å². The maximum absolute atomic E-state index is 2.44. The van der Waals surface area contributed by atoms with Crippen molar-refractivity contribution in [1.82, 2.24) is 0 Å². The van der Waals surface area contributed by atoms with Crippen molar-refractivity contribution < 1.29 is 37.2 Å². The third kappa shape index (κ3) is 5.86. The van der Waals surface area contributed by atoms with Crippen molar-refractivity contribution in [3.8, 4) is 0 Å². The zero-order chi connectivity index (χ0) is 8.32. The van der Waals surface area contributed by atoms with Crippen LogP contribution < -0.4 is 42.4 Å². The summed E-state index contributed by atoms with van der Waals surface area (Å²) in [6, 6.07) is 10.9. The predicted molar refractivity (Wildman–Crippen MR) is 54.1 cm³/mol. The molecule has 1 aromatic rings. The molecule has 0 saturated carbocycles. The average molecular weight is 374 g/mol. The molecule has 0 N–H and O–H groups in total. The van der Waals surface area contributed by atoms with Gasteiger partial charge < -0.3 is 37.2 Å². The second kappa shape index (κ2) is 9.34. The van der Waals surface area contributed by atoms with E-state index in [1.54, 1.807) is 27.7 Å². The minimum absolute atomic E-state index is 0. The molecule has 0 saturated heterocycles. The van der Waals surface area contributed by atoms with Gasteiger partial charge in [0.2, 0.25) is 0 Å². The molecule has 0 aromatic heterocycles. The maximum Gasteiger partial charge on any atom is -1.00 e. The zero-order valence-corrected chi connectivity index (χ0v) is 14.3. The molecule has 5 heteroatoms. The summed E-state index contributed by atoms with van der Waals surface area (Å²) in [5, 5.41) is 1.59. The quantitative estimate of drug-likeness (QED) is 0.452. The Labute approximate surface area is 120 Å². The van der Waals surface area contributed by atoms with Gasteiger partial charge in [0.05, 0.1) is 0 Å². The van der Waals surface area contributed by atoms with Gasteiger partial charge >= 0.3 is 83.3 Å². The van der Waals surface area contributed by atoms with Crippen molar-refractivity contribution in [2.45, 2.75) is 17.2 Å². The summed E-state index contributed by atoms with van der Waals surface area (Å²) < 4.78 is 1.42.